The zero-order valence-electron chi connectivity index (χ0n) is 7.74. The lowest BCUT2D eigenvalue weighted by atomic mass is 10.2. The highest BCUT2D eigenvalue weighted by atomic mass is 32.2. The fraction of sp³-hybridized carbons (Fsp3) is 0.300. The molecule has 0 amide bonds. The normalized spacial score (nSPS) is 9.69. The van der Waals surface area contributed by atoms with Crippen molar-refractivity contribution in [3.63, 3.8) is 0 Å². The number of rotatable bonds is 2. The van der Waals surface area contributed by atoms with Crippen molar-refractivity contribution in [2.24, 2.45) is 0 Å². The van der Waals surface area contributed by atoms with Crippen LogP contribution in [0.4, 0.5) is 4.79 Å². The lowest BCUT2D eigenvalue weighted by molar-refractivity contribution is 0.181. The van der Waals surface area contributed by atoms with Crippen LogP contribution in [0, 0.1) is 6.92 Å². The number of carbonyl (C=O) groups excluding carboxylic acids is 1. The van der Waals surface area contributed by atoms with Crippen LogP contribution in [0.25, 0.3) is 0 Å². The highest BCUT2D eigenvalue weighted by molar-refractivity contribution is 8.13. The summed E-state index contributed by atoms with van der Waals surface area (Å²) < 4.78 is 4.81. The van der Waals surface area contributed by atoms with Crippen LogP contribution in [0.5, 0.6) is 0 Å². The summed E-state index contributed by atoms with van der Waals surface area (Å²) in [6.45, 7) is 4.22. The van der Waals surface area contributed by atoms with Crippen LogP contribution in [0.3, 0.4) is 0 Å². The predicted molar refractivity (Wildman–Crippen MR) is 54.1 cm³/mol. The fourth-order valence-corrected chi connectivity index (χ4v) is 1.68. The molecule has 0 unspecified atom stereocenters. The Labute approximate surface area is 82.3 Å². The third-order valence-corrected chi connectivity index (χ3v) is 2.23. The van der Waals surface area contributed by atoms with Gasteiger partial charge in [-0.1, -0.05) is 17.7 Å². The molecule has 13 heavy (non-hydrogen) atoms. The van der Waals surface area contributed by atoms with Crippen molar-refractivity contribution in [2.45, 2.75) is 18.7 Å². The zero-order valence-corrected chi connectivity index (χ0v) is 8.56. The van der Waals surface area contributed by atoms with Crippen LogP contribution in [-0.4, -0.2) is 11.9 Å². The molecule has 0 saturated heterocycles. The summed E-state index contributed by atoms with van der Waals surface area (Å²) in [7, 11) is 0. The number of hydrogen-bond donors (Lipinski definition) is 0. The Morgan fingerprint density at radius 1 is 1.54 bits per heavy atom. The van der Waals surface area contributed by atoms with E-state index < -0.39 is 0 Å². The average Bonchev–Trinajstić information content (AvgIpc) is 2.04. The summed E-state index contributed by atoms with van der Waals surface area (Å²) in [5.74, 6) is 0. The molecule has 0 atom stereocenters. The Bertz CT molecular complexity index is 297. The van der Waals surface area contributed by atoms with Crippen LogP contribution in [-0.2, 0) is 4.74 Å². The maximum atomic E-state index is 11.1. The van der Waals surface area contributed by atoms with Gasteiger partial charge >= 0.3 is 5.30 Å². The first-order chi connectivity index (χ1) is 6.22. The summed E-state index contributed by atoms with van der Waals surface area (Å²) >= 11 is 1.12. The highest BCUT2D eigenvalue weighted by Crippen LogP contribution is 2.20. The number of carbonyl (C=O) groups is 1. The largest absolute Gasteiger partial charge is 0.458 e. The molecule has 2 nitrogen and oxygen atoms in total. The molecule has 1 aromatic carbocycles. The van der Waals surface area contributed by atoms with Gasteiger partial charge in [-0.3, -0.25) is 0 Å². The predicted octanol–water partition coefficient (Wildman–Crippen LogP) is 3.24. The van der Waals surface area contributed by atoms with Crippen LogP contribution >= 0.6 is 11.8 Å². The van der Waals surface area contributed by atoms with Crippen molar-refractivity contribution < 1.29 is 9.53 Å². The molecule has 0 aliphatic rings. The molecular formula is C10H12O2S. The molecule has 0 aliphatic carbocycles. The molecule has 1 aromatic rings. The molecule has 0 heterocycles. The van der Waals surface area contributed by atoms with Gasteiger partial charge in [-0.15, -0.1) is 0 Å². The second kappa shape index (κ2) is 4.92. The molecule has 0 fully saturated rings. The van der Waals surface area contributed by atoms with E-state index in [9.17, 15) is 4.79 Å². The average molecular weight is 196 g/mol. The van der Waals surface area contributed by atoms with Crippen LogP contribution in [0.15, 0.2) is 29.2 Å². The van der Waals surface area contributed by atoms with Gasteiger partial charge in [0.1, 0.15) is 0 Å². The Kier molecular flexibility index (Phi) is 3.83. The van der Waals surface area contributed by atoms with Crippen LogP contribution in [0.2, 0.25) is 0 Å². The number of thioether (sulfide) groups is 1. The van der Waals surface area contributed by atoms with Crippen molar-refractivity contribution in [3.05, 3.63) is 29.8 Å². The Morgan fingerprint density at radius 3 is 2.92 bits per heavy atom. The molecule has 70 valence electrons. The molecule has 0 N–H and O–H groups in total. The van der Waals surface area contributed by atoms with Gasteiger partial charge in [-0.2, -0.15) is 0 Å². The molecule has 1 rings (SSSR count). The first kappa shape index (κ1) is 10.1. The molecule has 0 spiro atoms. The molecular weight excluding hydrogens is 184 g/mol. The maximum absolute atomic E-state index is 11.1. The summed E-state index contributed by atoms with van der Waals surface area (Å²) in [6, 6.07) is 7.78. The summed E-state index contributed by atoms with van der Waals surface area (Å²) in [4.78, 5) is 12.0. The molecule has 0 radical (unpaired) electrons. The van der Waals surface area contributed by atoms with Crippen molar-refractivity contribution in [3.8, 4) is 0 Å². The lowest BCUT2D eigenvalue weighted by Crippen LogP contribution is -1.95. The second-order valence-electron chi connectivity index (χ2n) is 2.60. The molecule has 0 aliphatic heterocycles. The first-order valence-electron chi connectivity index (χ1n) is 4.13. The molecule has 0 aromatic heterocycles. The van der Waals surface area contributed by atoms with Gasteiger partial charge in [0.15, 0.2) is 0 Å². The summed E-state index contributed by atoms with van der Waals surface area (Å²) in [6.07, 6.45) is 0. The van der Waals surface area contributed by atoms with Crippen LogP contribution in [0.1, 0.15) is 12.5 Å². The van der Waals surface area contributed by atoms with E-state index in [2.05, 4.69) is 0 Å². The highest BCUT2D eigenvalue weighted by Gasteiger charge is 2.03. The van der Waals surface area contributed by atoms with Crippen molar-refractivity contribution in [2.75, 3.05) is 6.61 Å². The second-order valence-corrected chi connectivity index (χ2v) is 3.61. The van der Waals surface area contributed by atoms with E-state index in [-0.39, 0.29) is 5.30 Å². The Balaban J connectivity index is 2.58. The van der Waals surface area contributed by atoms with E-state index in [0.717, 1.165) is 22.2 Å². The standard InChI is InChI=1S/C10H12O2S/c1-3-12-10(11)13-9-6-4-5-8(2)7-9/h4-7H,3H2,1-2H3. The maximum Gasteiger partial charge on any atom is 0.372 e. The van der Waals surface area contributed by atoms with Gasteiger partial charge in [0.05, 0.1) is 6.61 Å². The SMILES string of the molecule is CCOC(=O)Sc1cccc(C)c1. The van der Waals surface area contributed by atoms with E-state index in [4.69, 9.17) is 4.74 Å². The molecule has 0 bridgehead atoms. The van der Waals surface area contributed by atoms with Gasteiger partial charge in [0.2, 0.25) is 0 Å². The van der Waals surface area contributed by atoms with Gasteiger partial charge in [-0.05, 0) is 37.7 Å². The molecule has 3 heteroatoms. The summed E-state index contributed by atoms with van der Waals surface area (Å²) in [5.41, 5.74) is 1.15. The minimum absolute atomic E-state index is 0.242. The van der Waals surface area contributed by atoms with E-state index in [1.54, 1.807) is 6.92 Å². The number of benzene rings is 1. The topological polar surface area (TPSA) is 26.3 Å². The Hall–Kier alpha value is -0.960. The minimum Gasteiger partial charge on any atom is -0.458 e. The monoisotopic (exact) mass is 196 g/mol. The van der Waals surface area contributed by atoms with Gasteiger partial charge in [0.25, 0.3) is 0 Å². The third-order valence-electron chi connectivity index (χ3n) is 1.45. The fourth-order valence-electron chi connectivity index (χ4n) is 0.922. The van der Waals surface area contributed by atoms with Gasteiger partial charge in [0, 0.05) is 4.90 Å². The zero-order chi connectivity index (χ0) is 9.68. The number of ether oxygens (including phenoxy) is 1. The third kappa shape index (κ3) is 3.51. The smallest absolute Gasteiger partial charge is 0.372 e. The Morgan fingerprint density at radius 2 is 2.31 bits per heavy atom. The van der Waals surface area contributed by atoms with E-state index in [1.807, 2.05) is 31.2 Å². The van der Waals surface area contributed by atoms with Crippen molar-refractivity contribution >= 4 is 17.1 Å². The van der Waals surface area contributed by atoms with E-state index in [0.29, 0.717) is 6.61 Å². The van der Waals surface area contributed by atoms with E-state index >= 15 is 0 Å². The number of hydrogen-bond acceptors (Lipinski definition) is 3. The van der Waals surface area contributed by atoms with E-state index in [1.165, 1.54) is 0 Å². The van der Waals surface area contributed by atoms with Crippen molar-refractivity contribution in [1.29, 1.82) is 0 Å². The molecule has 0 saturated carbocycles. The minimum atomic E-state index is -0.242. The van der Waals surface area contributed by atoms with Crippen molar-refractivity contribution in [1.82, 2.24) is 0 Å². The first-order valence-corrected chi connectivity index (χ1v) is 4.95. The van der Waals surface area contributed by atoms with Crippen LogP contribution < -0.4 is 0 Å². The van der Waals surface area contributed by atoms with Gasteiger partial charge in [-0.25, -0.2) is 4.79 Å². The number of aryl methyl sites for hydroxylation is 1. The lowest BCUT2D eigenvalue weighted by Gasteiger charge is -2.01. The van der Waals surface area contributed by atoms with Gasteiger partial charge < -0.3 is 4.74 Å². The summed E-state index contributed by atoms with van der Waals surface area (Å²) in [5, 5.41) is -0.242. The quantitative estimate of drug-likeness (QED) is 0.536.